The molecule has 0 spiro atoms. The van der Waals surface area contributed by atoms with E-state index in [1.54, 1.807) is 37.5 Å². The Bertz CT molecular complexity index is 575. The zero-order chi connectivity index (χ0) is 13.1. The van der Waals surface area contributed by atoms with Crippen LogP contribution in [0.3, 0.4) is 0 Å². The molecule has 0 amide bonds. The lowest BCUT2D eigenvalue weighted by Gasteiger charge is -2.11. The number of nitrogen functional groups attached to an aromatic ring is 1. The lowest BCUT2D eigenvalue weighted by Crippen LogP contribution is -2.10. The van der Waals surface area contributed by atoms with Gasteiger partial charge in [0, 0.05) is 18.1 Å². The number of benzene rings is 1. The van der Waals surface area contributed by atoms with Gasteiger partial charge in [-0.3, -0.25) is 0 Å². The predicted molar refractivity (Wildman–Crippen MR) is 68.7 cm³/mol. The van der Waals surface area contributed by atoms with Crippen LogP contribution in [-0.2, 0) is 4.74 Å². The van der Waals surface area contributed by atoms with Crippen molar-refractivity contribution < 1.29 is 9.53 Å². The van der Waals surface area contributed by atoms with Gasteiger partial charge in [0.15, 0.2) is 0 Å². The zero-order valence-corrected chi connectivity index (χ0v) is 10.4. The largest absolute Gasteiger partial charge is 0.462 e. The maximum atomic E-state index is 11.9. The molecule has 1 aromatic heterocycles. The molecule has 1 heterocycles. The number of hydrogen-bond acceptors (Lipinski definition) is 4. The standard InChI is InChI=1S/C13H15N3O2/c1-3-18-13(17)11-8-10(14)4-5-12(11)16-7-6-15-9(16)2/h4-8H,3,14H2,1-2H3. The molecule has 0 fully saturated rings. The summed E-state index contributed by atoms with van der Waals surface area (Å²) in [4.78, 5) is 16.1. The number of ether oxygens (including phenoxy) is 1. The van der Waals surface area contributed by atoms with Crippen LogP contribution in [0.25, 0.3) is 5.69 Å². The molecule has 2 N–H and O–H groups in total. The molecule has 5 nitrogen and oxygen atoms in total. The van der Waals surface area contributed by atoms with Crippen LogP contribution in [0.15, 0.2) is 30.6 Å². The number of nitrogens with zero attached hydrogens (tertiary/aromatic N) is 2. The van der Waals surface area contributed by atoms with Crippen molar-refractivity contribution in [3.05, 3.63) is 42.0 Å². The normalized spacial score (nSPS) is 10.3. The van der Waals surface area contributed by atoms with Crippen molar-refractivity contribution in [2.75, 3.05) is 12.3 Å². The van der Waals surface area contributed by atoms with Crippen LogP contribution in [0.1, 0.15) is 23.1 Å². The number of imidazole rings is 1. The van der Waals surface area contributed by atoms with Crippen molar-refractivity contribution in [1.29, 1.82) is 0 Å². The van der Waals surface area contributed by atoms with E-state index in [0.29, 0.717) is 17.9 Å². The van der Waals surface area contributed by atoms with Crippen molar-refractivity contribution in [2.45, 2.75) is 13.8 Å². The van der Waals surface area contributed by atoms with Crippen LogP contribution in [0.2, 0.25) is 0 Å². The lowest BCUT2D eigenvalue weighted by molar-refractivity contribution is 0.0526. The summed E-state index contributed by atoms with van der Waals surface area (Å²) in [6.45, 7) is 3.97. The Morgan fingerprint density at radius 1 is 1.50 bits per heavy atom. The third-order valence-electron chi connectivity index (χ3n) is 2.60. The molecule has 5 heteroatoms. The first-order chi connectivity index (χ1) is 8.63. The number of carbonyl (C=O) groups is 1. The van der Waals surface area contributed by atoms with Gasteiger partial charge in [0.1, 0.15) is 5.82 Å². The van der Waals surface area contributed by atoms with Gasteiger partial charge in [0.25, 0.3) is 0 Å². The number of esters is 1. The van der Waals surface area contributed by atoms with Crippen LogP contribution in [0.4, 0.5) is 5.69 Å². The van der Waals surface area contributed by atoms with E-state index in [0.717, 1.165) is 11.5 Å². The molecule has 2 rings (SSSR count). The Kier molecular flexibility index (Phi) is 3.32. The van der Waals surface area contributed by atoms with E-state index >= 15 is 0 Å². The minimum absolute atomic E-state index is 0.329. The Morgan fingerprint density at radius 3 is 2.89 bits per heavy atom. The molecule has 0 saturated heterocycles. The van der Waals surface area contributed by atoms with Gasteiger partial charge in [-0.15, -0.1) is 0 Å². The highest BCUT2D eigenvalue weighted by Gasteiger charge is 2.15. The van der Waals surface area contributed by atoms with Crippen molar-refractivity contribution in [2.24, 2.45) is 0 Å². The number of rotatable bonds is 3. The van der Waals surface area contributed by atoms with Gasteiger partial charge in [0.2, 0.25) is 0 Å². The SMILES string of the molecule is CCOC(=O)c1cc(N)ccc1-n1ccnc1C. The van der Waals surface area contributed by atoms with E-state index in [2.05, 4.69) is 4.98 Å². The smallest absolute Gasteiger partial charge is 0.340 e. The highest BCUT2D eigenvalue weighted by Crippen LogP contribution is 2.20. The van der Waals surface area contributed by atoms with Crippen molar-refractivity contribution in [3.8, 4) is 5.69 Å². The second-order valence-corrected chi connectivity index (χ2v) is 3.84. The summed E-state index contributed by atoms with van der Waals surface area (Å²) < 4.78 is 6.86. The fraction of sp³-hybridized carbons (Fsp3) is 0.231. The second kappa shape index (κ2) is 4.91. The third kappa shape index (κ3) is 2.20. The molecular formula is C13H15N3O2. The number of aryl methyl sites for hydroxylation is 1. The summed E-state index contributed by atoms with van der Waals surface area (Å²) in [7, 11) is 0. The second-order valence-electron chi connectivity index (χ2n) is 3.84. The van der Waals surface area contributed by atoms with E-state index in [9.17, 15) is 4.79 Å². The van der Waals surface area contributed by atoms with Crippen LogP contribution in [-0.4, -0.2) is 22.1 Å². The van der Waals surface area contributed by atoms with Gasteiger partial charge in [-0.25, -0.2) is 9.78 Å². The van der Waals surface area contributed by atoms with Gasteiger partial charge in [0.05, 0.1) is 17.9 Å². The van der Waals surface area contributed by atoms with Gasteiger partial charge >= 0.3 is 5.97 Å². The average molecular weight is 245 g/mol. The first kappa shape index (κ1) is 12.2. The van der Waals surface area contributed by atoms with Crippen molar-refractivity contribution in [1.82, 2.24) is 9.55 Å². The Morgan fingerprint density at radius 2 is 2.28 bits per heavy atom. The molecule has 18 heavy (non-hydrogen) atoms. The fourth-order valence-electron chi connectivity index (χ4n) is 1.77. The van der Waals surface area contributed by atoms with E-state index < -0.39 is 0 Å². The molecule has 0 atom stereocenters. The Labute approximate surface area is 105 Å². The summed E-state index contributed by atoms with van der Waals surface area (Å²) in [6, 6.07) is 5.15. The van der Waals surface area contributed by atoms with E-state index in [4.69, 9.17) is 10.5 Å². The molecule has 0 aliphatic carbocycles. The summed E-state index contributed by atoms with van der Waals surface area (Å²) in [5.74, 6) is 0.415. The molecule has 0 bridgehead atoms. The minimum Gasteiger partial charge on any atom is -0.462 e. The first-order valence-corrected chi connectivity index (χ1v) is 5.70. The molecule has 0 aliphatic rings. The highest BCUT2D eigenvalue weighted by atomic mass is 16.5. The van der Waals surface area contributed by atoms with E-state index in [1.165, 1.54) is 0 Å². The van der Waals surface area contributed by atoms with E-state index in [1.807, 2.05) is 11.5 Å². The molecule has 0 aliphatic heterocycles. The van der Waals surface area contributed by atoms with Crippen LogP contribution < -0.4 is 5.73 Å². The molecule has 0 unspecified atom stereocenters. The quantitative estimate of drug-likeness (QED) is 0.662. The summed E-state index contributed by atoms with van der Waals surface area (Å²) in [5, 5.41) is 0. The molecule has 94 valence electrons. The first-order valence-electron chi connectivity index (χ1n) is 5.70. The minimum atomic E-state index is -0.382. The topological polar surface area (TPSA) is 70.1 Å². The third-order valence-corrected chi connectivity index (χ3v) is 2.60. The van der Waals surface area contributed by atoms with Crippen molar-refractivity contribution >= 4 is 11.7 Å². The predicted octanol–water partition coefficient (Wildman–Crippen LogP) is 1.94. The van der Waals surface area contributed by atoms with Crippen molar-refractivity contribution in [3.63, 3.8) is 0 Å². The lowest BCUT2D eigenvalue weighted by atomic mass is 10.1. The van der Waals surface area contributed by atoms with Gasteiger partial charge < -0.3 is 15.0 Å². The molecular weight excluding hydrogens is 230 g/mol. The Hall–Kier alpha value is -2.30. The average Bonchev–Trinajstić information content (AvgIpc) is 2.76. The number of carbonyl (C=O) groups excluding carboxylic acids is 1. The highest BCUT2D eigenvalue weighted by molar-refractivity contribution is 5.94. The summed E-state index contributed by atoms with van der Waals surface area (Å²) >= 11 is 0. The van der Waals surface area contributed by atoms with Crippen LogP contribution in [0, 0.1) is 6.92 Å². The van der Waals surface area contributed by atoms with Gasteiger partial charge in [-0.1, -0.05) is 0 Å². The van der Waals surface area contributed by atoms with Gasteiger partial charge in [-0.2, -0.15) is 0 Å². The van der Waals surface area contributed by atoms with E-state index in [-0.39, 0.29) is 5.97 Å². The molecule has 0 radical (unpaired) electrons. The van der Waals surface area contributed by atoms with Crippen LogP contribution >= 0.6 is 0 Å². The maximum Gasteiger partial charge on any atom is 0.340 e. The summed E-state index contributed by atoms with van der Waals surface area (Å²) in [6.07, 6.45) is 3.48. The number of aromatic nitrogens is 2. The molecule has 1 aromatic carbocycles. The summed E-state index contributed by atoms with van der Waals surface area (Å²) in [5.41, 5.74) is 7.41. The number of nitrogens with two attached hydrogens (primary N) is 1. The van der Waals surface area contributed by atoms with Crippen LogP contribution in [0.5, 0.6) is 0 Å². The number of anilines is 1. The van der Waals surface area contributed by atoms with Gasteiger partial charge in [-0.05, 0) is 32.0 Å². The zero-order valence-electron chi connectivity index (χ0n) is 10.4. The molecule has 2 aromatic rings. The molecule has 0 saturated carbocycles. The fourth-order valence-corrected chi connectivity index (χ4v) is 1.77. The number of hydrogen-bond donors (Lipinski definition) is 1. The monoisotopic (exact) mass is 245 g/mol. The Balaban J connectivity index is 2.54. The maximum absolute atomic E-state index is 11.9.